The van der Waals surface area contributed by atoms with Gasteiger partial charge in [-0.25, -0.2) is 8.42 Å². The molecular weight excluding hydrogens is 382 g/mol. The predicted molar refractivity (Wildman–Crippen MR) is 116 cm³/mol. The fourth-order valence-electron chi connectivity index (χ4n) is 3.27. The fraction of sp³-hybridized carbons (Fsp3) is 0.208. The molecule has 29 heavy (non-hydrogen) atoms. The molecule has 0 fully saturated rings. The number of nitrogens with one attached hydrogen (secondary N) is 1. The van der Waals surface area contributed by atoms with Crippen LogP contribution in [-0.2, 0) is 15.4 Å². The lowest BCUT2D eigenvalue weighted by Crippen LogP contribution is -2.52. The van der Waals surface area contributed by atoms with Gasteiger partial charge in [0.25, 0.3) is 0 Å². The van der Waals surface area contributed by atoms with Gasteiger partial charge in [-0.3, -0.25) is 4.79 Å². The minimum absolute atomic E-state index is 0.137. The second kappa shape index (κ2) is 8.31. The van der Waals surface area contributed by atoms with Crippen LogP contribution in [0.15, 0.2) is 89.8 Å². The summed E-state index contributed by atoms with van der Waals surface area (Å²) in [5.74, 6) is -0.268. The number of carbonyl (C=O) groups is 1. The van der Waals surface area contributed by atoms with Crippen molar-refractivity contribution in [3.05, 3.63) is 102 Å². The minimum Gasteiger partial charge on any atom is -0.292 e. The van der Waals surface area contributed by atoms with Gasteiger partial charge in [0, 0.05) is 11.0 Å². The molecule has 0 aliphatic rings. The van der Waals surface area contributed by atoms with Gasteiger partial charge in [-0.15, -0.1) is 0 Å². The van der Waals surface area contributed by atoms with Gasteiger partial charge in [-0.05, 0) is 24.6 Å². The number of rotatable bonds is 7. The van der Waals surface area contributed by atoms with Gasteiger partial charge in [0.15, 0.2) is 5.78 Å². The van der Waals surface area contributed by atoms with Gasteiger partial charge in [0.1, 0.15) is 0 Å². The van der Waals surface area contributed by atoms with E-state index in [1.807, 2.05) is 57.2 Å². The number of carbonyl (C=O) groups excluding carboxylic acids is 1. The van der Waals surface area contributed by atoms with Crippen LogP contribution in [0, 0.1) is 6.92 Å². The van der Waals surface area contributed by atoms with E-state index in [4.69, 9.17) is 0 Å². The fourth-order valence-corrected chi connectivity index (χ4v) is 4.62. The van der Waals surface area contributed by atoms with Gasteiger partial charge in [0.05, 0.1) is 10.9 Å². The van der Waals surface area contributed by atoms with Crippen molar-refractivity contribution in [3.8, 4) is 0 Å². The lowest BCUT2D eigenvalue weighted by atomic mass is 9.75. The van der Waals surface area contributed by atoms with E-state index in [9.17, 15) is 13.2 Å². The molecule has 4 nitrogen and oxygen atoms in total. The second-order valence-corrected chi connectivity index (χ2v) is 9.40. The van der Waals surface area contributed by atoms with Gasteiger partial charge in [-0.2, -0.15) is 4.72 Å². The molecule has 0 saturated heterocycles. The van der Waals surface area contributed by atoms with E-state index >= 15 is 0 Å². The van der Waals surface area contributed by atoms with Crippen molar-refractivity contribution in [1.29, 1.82) is 0 Å². The van der Waals surface area contributed by atoms with Crippen LogP contribution >= 0.6 is 0 Å². The predicted octanol–water partition coefficient (Wildman–Crippen LogP) is 4.50. The highest BCUT2D eigenvalue weighted by molar-refractivity contribution is 7.89. The van der Waals surface area contributed by atoms with Crippen LogP contribution in [0.3, 0.4) is 0 Å². The Bertz CT molecular complexity index is 1070. The van der Waals surface area contributed by atoms with Gasteiger partial charge in [0.2, 0.25) is 10.0 Å². The standard InChI is InChI=1S/C24H25NO3S/c1-18-14-16-21(17-15-18)29(27,28)25-23(22(26)19-10-6-4-7-11-19)24(2,3)20-12-8-5-9-13-20/h4-17,23,25H,1-3H3/t23-/m1/s1. The van der Waals surface area contributed by atoms with Crippen LogP contribution in [0.4, 0.5) is 0 Å². The van der Waals surface area contributed by atoms with Crippen LogP contribution in [0.5, 0.6) is 0 Å². The Morgan fingerprint density at radius 3 is 1.90 bits per heavy atom. The minimum atomic E-state index is -3.89. The van der Waals surface area contributed by atoms with E-state index in [1.165, 1.54) is 0 Å². The van der Waals surface area contributed by atoms with Crippen molar-refractivity contribution in [3.63, 3.8) is 0 Å². The maximum absolute atomic E-state index is 13.4. The Morgan fingerprint density at radius 1 is 0.828 bits per heavy atom. The smallest absolute Gasteiger partial charge is 0.241 e. The topological polar surface area (TPSA) is 63.2 Å². The third-order valence-corrected chi connectivity index (χ3v) is 6.60. The summed E-state index contributed by atoms with van der Waals surface area (Å²) in [6.07, 6.45) is 0. The molecule has 1 N–H and O–H groups in total. The summed E-state index contributed by atoms with van der Waals surface area (Å²) in [4.78, 5) is 13.5. The van der Waals surface area contributed by atoms with Crippen LogP contribution in [0.2, 0.25) is 0 Å². The Balaban J connectivity index is 2.05. The maximum Gasteiger partial charge on any atom is 0.241 e. The van der Waals surface area contributed by atoms with Gasteiger partial charge < -0.3 is 0 Å². The molecule has 1 atom stereocenters. The molecule has 3 aromatic rings. The average Bonchev–Trinajstić information content (AvgIpc) is 2.73. The van der Waals surface area contributed by atoms with E-state index in [1.54, 1.807) is 48.5 Å². The molecule has 0 aliphatic carbocycles. The second-order valence-electron chi connectivity index (χ2n) is 7.69. The molecule has 0 radical (unpaired) electrons. The number of hydrogen-bond acceptors (Lipinski definition) is 3. The summed E-state index contributed by atoms with van der Waals surface area (Å²) in [5, 5.41) is 0. The first-order chi connectivity index (χ1) is 13.7. The molecule has 0 heterocycles. The van der Waals surface area contributed by atoms with Crippen LogP contribution < -0.4 is 4.72 Å². The SMILES string of the molecule is Cc1ccc(S(=O)(=O)N[C@H](C(=O)c2ccccc2)C(C)(C)c2ccccc2)cc1. The number of aryl methyl sites for hydroxylation is 1. The van der Waals surface area contributed by atoms with Crippen molar-refractivity contribution >= 4 is 15.8 Å². The average molecular weight is 408 g/mol. The van der Waals surface area contributed by atoms with Crippen LogP contribution in [-0.4, -0.2) is 20.2 Å². The molecule has 0 unspecified atom stereocenters. The van der Waals surface area contributed by atoms with Crippen molar-refractivity contribution in [2.75, 3.05) is 0 Å². The summed E-state index contributed by atoms with van der Waals surface area (Å²) in [6, 6.07) is 23.9. The third kappa shape index (κ3) is 4.63. The van der Waals surface area contributed by atoms with E-state index in [2.05, 4.69) is 4.72 Å². The number of benzene rings is 3. The highest BCUT2D eigenvalue weighted by Crippen LogP contribution is 2.30. The van der Waals surface area contributed by atoms with E-state index in [0.717, 1.165) is 11.1 Å². The largest absolute Gasteiger partial charge is 0.292 e. The zero-order chi connectivity index (χ0) is 21.1. The highest BCUT2D eigenvalue weighted by atomic mass is 32.2. The van der Waals surface area contributed by atoms with E-state index < -0.39 is 21.5 Å². The molecule has 0 saturated carbocycles. The van der Waals surface area contributed by atoms with E-state index in [0.29, 0.717) is 5.56 Å². The molecule has 5 heteroatoms. The molecule has 0 aliphatic heterocycles. The molecular formula is C24H25NO3S. The molecule has 0 aromatic heterocycles. The van der Waals surface area contributed by atoms with E-state index in [-0.39, 0.29) is 10.7 Å². The first-order valence-electron chi connectivity index (χ1n) is 9.45. The van der Waals surface area contributed by atoms with Crippen molar-refractivity contribution in [1.82, 2.24) is 4.72 Å². The van der Waals surface area contributed by atoms with Crippen molar-refractivity contribution in [2.24, 2.45) is 0 Å². The first-order valence-corrected chi connectivity index (χ1v) is 10.9. The highest BCUT2D eigenvalue weighted by Gasteiger charge is 2.40. The monoisotopic (exact) mass is 407 g/mol. The molecule has 3 aromatic carbocycles. The molecule has 3 rings (SSSR count). The Labute approximate surface area is 172 Å². The normalized spacial score (nSPS) is 13.1. The maximum atomic E-state index is 13.4. The Morgan fingerprint density at radius 2 is 1.34 bits per heavy atom. The zero-order valence-electron chi connectivity index (χ0n) is 16.8. The van der Waals surface area contributed by atoms with Crippen LogP contribution in [0.1, 0.15) is 35.3 Å². The summed E-state index contributed by atoms with van der Waals surface area (Å²) < 4.78 is 28.9. The van der Waals surface area contributed by atoms with Gasteiger partial charge in [-0.1, -0.05) is 92.2 Å². The zero-order valence-corrected chi connectivity index (χ0v) is 17.6. The molecule has 0 bridgehead atoms. The number of Topliss-reactive ketones (excluding diaryl/α,β-unsaturated/α-hetero) is 1. The third-order valence-electron chi connectivity index (χ3n) is 5.16. The number of ketones is 1. The first kappa shape index (κ1) is 21.0. The van der Waals surface area contributed by atoms with Crippen molar-refractivity contribution in [2.45, 2.75) is 37.1 Å². The molecule has 0 amide bonds. The lowest BCUT2D eigenvalue weighted by Gasteiger charge is -2.34. The molecule has 150 valence electrons. The quantitative estimate of drug-likeness (QED) is 0.587. The van der Waals surface area contributed by atoms with Crippen molar-refractivity contribution < 1.29 is 13.2 Å². The van der Waals surface area contributed by atoms with Crippen LogP contribution in [0.25, 0.3) is 0 Å². The Hall–Kier alpha value is -2.76. The summed E-state index contributed by atoms with van der Waals surface area (Å²) >= 11 is 0. The lowest BCUT2D eigenvalue weighted by molar-refractivity contribution is 0.0916. The summed E-state index contributed by atoms with van der Waals surface area (Å²) in [5.41, 5.74) is 1.53. The summed E-state index contributed by atoms with van der Waals surface area (Å²) in [7, 11) is -3.89. The molecule has 0 spiro atoms. The Kier molecular flexibility index (Phi) is 6.01. The number of hydrogen-bond donors (Lipinski definition) is 1. The number of sulfonamides is 1. The van der Waals surface area contributed by atoms with Gasteiger partial charge >= 0.3 is 0 Å². The summed E-state index contributed by atoms with van der Waals surface area (Å²) in [6.45, 7) is 5.65.